The molecule has 1 atom stereocenters. The summed E-state index contributed by atoms with van der Waals surface area (Å²) in [5.41, 5.74) is 11.6. The van der Waals surface area contributed by atoms with Gasteiger partial charge in [-0.05, 0) is 30.7 Å². The fraction of sp³-hybridized carbons (Fsp3) is 0.211. The first-order valence-corrected chi connectivity index (χ1v) is 9.40. The second-order valence-electron chi connectivity index (χ2n) is 6.78. The lowest BCUT2D eigenvalue weighted by Crippen LogP contribution is -2.41. The van der Waals surface area contributed by atoms with Crippen LogP contribution in [-0.4, -0.2) is 48.9 Å². The average molecular weight is 440 g/mol. The number of aliphatic carboxylic acids is 1. The number of benzene rings is 1. The van der Waals surface area contributed by atoms with Crippen molar-refractivity contribution in [3.63, 3.8) is 0 Å². The van der Waals surface area contributed by atoms with Gasteiger partial charge in [0.15, 0.2) is 11.2 Å². The van der Waals surface area contributed by atoms with E-state index in [4.69, 9.17) is 11.5 Å². The Bertz CT molecular complexity index is 1220. The highest BCUT2D eigenvalue weighted by atomic mass is 16.4. The van der Waals surface area contributed by atoms with E-state index in [0.29, 0.717) is 11.4 Å². The van der Waals surface area contributed by atoms with Gasteiger partial charge in [0.2, 0.25) is 11.9 Å². The molecule has 13 nitrogen and oxygen atoms in total. The van der Waals surface area contributed by atoms with Gasteiger partial charge in [-0.2, -0.15) is 4.98 Å². The lowest BCUT2D eigenvalue weighted by atomic mass is 10.1. The number of carboxylic acids is 1. The van der Waals surface area contributed by atoms with Crippen molar-refractivity contribution in [2.75, 3.05) is 11.1 Å². The Labute approximate surface area is 180 Å². The van der Waals surface area contributed by atoms with Gasteiger partial charge in [-0.15, -0.1) is 0 Å². The van der Waals surface area contributed by atoms with E-state index >= 15 is 0 Å². The second kappa shape index (κ2) is 9.51. The molecule has 2 heterocycles. The summed E-state index contributed by atoms with van der Waals surface area (Å²) >= 11 is 0. The Morgan fingerprint density at radius 1 is 1.16 bits per heavy atom. The Morgan fingerprint density at radius 3 is 2.53 bits per heavy atom. The zero-order valence-corrected chi connectivity index (χ0v) is 16.7. The summed E-state index contributed by atoms with van der Waals surface area (Å²) in [6.07, 6.45) is 1.20. The number of hydrogen-bond acceptors (Lipinski definition) is 9. The minimum Gasteiger partial charge on any atom is -0.480 e. The molecule has 0 spiro atoms. The molecule has 13 heteroatoms. The maximum absolute atomic E-state index is 12.3. The van der Waals surface area contributed by atoms with E-state index in [-0.39, 0.29) is 42.1 Å². The van der Waals surface area contributed by atoms with Crippen LogP contribution in [0.4, 0.5) is 11.6 Å². The number of primary amides is 1. The molecular weight excluding hydrogens is 420 g/mol. The molecule has 0 fully saturated rings. The monoisotopic (exact) mass is 440 g/mol. The van der Waals surface area contributed by atoms with Gasteiger partial charge < -0.3 is 27.2 Å². The second-order valence-corrected chi connectivity index (χ2v) is 6.78. The highest BCUT2D eigenvalue weighted by Gasteiger charge is 2.21. The summed E-state index contributed by atoms with van der Waals surface area (Å²) in [6, 6.07) is 5.03. The first kappa shape index (κ1) is 22.1. The normalized spacial score (nSPS) is 11.6. The van der Waals surface area contributed by atoms with Crippen LogP contribution in [0.25, 0.3) is 11.2 Å². The molecule has 0 aliphatic carbocycles. The number of aromatic amines is 1. The summed E-state index contributed by atoms with van der Waals surface area (Å²) < 4.78 is 0. The predicted octanol–water partition coefficient (Wildman–Crippen LogP) is -0.644. The number of fused-ring (bicyclic) bond motifs is 1. The van der Waals surface area contributed by atoms with Crippen LogP contribution in [0.2, 0.25) is 0 Å². The molecule has 0 saturated heterocycles. The number of nitrogens with one attached hydrogen (secondary N) is 3. The largest absolute Gasteiger partial charge is 0.480 e. The van der Waals surface area contributed by atoms with Crippen molar-refractivity contribution in [2.24, 2.45) is 5.73 Å². The molecule has 1 aromatic carbocycles. The number of H-pyrrole nitrogens is 1. The number of anilines is 2. The number of carbonyl (C=O) groups excluding carboxylic acids is 2. The molecule has 166 valence electrons. The van der Waals surface area contributed by atoms with Crippen LogP contribution in [0.1, 0.15) is 28.9 Å². The number of nitrogen functional groups attached to an aromatic ring is 1. The molecule has 0 aliphatic heterocycles. The Morgan fingerprint density at radius 2 is 1.88 bits per heavy atom. The number of nitrogens with two attached hydrogens (primary N) is 2. The van der Waals surface area contributed by atoms with Crippen LogP contribution >= 0.6 is 0 Å². The topological polar surface area (TPSA) is 219 Å². The van der Waals surface area contributed by atoms with Crippen molar-refractivity contribution in [2.45, 2.75) is 25.4 Å². The van der Waals surface area contributed by atoms with Crippen molar-refractivity contribution in [3.05, 3.63) is 52.1 Å². The summed E-state index contributed by atoms with van der Waals surface area (Å²) in [7, 11) is 0. The number of aromatic nitrogens is 4. The average Bonchev–Trinajstić information content (AvgIpc) is 2.75. The van der Waals surface area contributed by atoms with E-state index < -0.39 is 29.4 Å². The summed E-state index contributed by atoms with van der Waals surface area (Å²) in [5, 5.41) is 14.6. The number of carboxylic acid groups (broad SMARTS) is 1. The molecule has 32 heavy (non-hydrogen) atoms. The van der Waals surface area contributed by atoms with Gasteiger partial charge in [-0.25, -0.2) is 14.8 Å². The molecule has 0 bridgehead atoms. The van der Waals surface area contributed by atoms with Gasteiger partial charge in [-0.1, -0.05) is 0 Å². The lowest BCUT2D eigenvalue weighted by molar-refractivity contribution is -0.139. The third-order valence-corrected chi connectivity index (χ3v) is 4.39. The van der Waals surface area contributed by atoms with Crippen LogP contribution in [0, 0.1) is 0 Å². The Hall–Kier alpha value is -4.55. The summed E-state index contributed by atoms with van der Waals surface area (Å²) in [4.78, 5) is 60.9. The number of amides is 2. The fourth-order valence-corrected chi connectivity index (χ4v) is 2.77. The fourth-order valence-electron chi connectivity index (χ4n) is 2.77. The van der Waals surface area contributed by atoms with Gasteiger partial charge in [0.25, 0.3) is 11.5 Å². The summed E-state index contributed by atoms with van der Waals surface area (Å²) in [6.45, 7) is 0.243. The molecule has 0 radical (unpaired) electrons. The molecule has 3 rings (SSSR count). The van der Waals surface area contributed by atoms with E-state index in [1.165, 1.54) is 18.3 Å². The standard InChI is InChI=1S/C19H20N8O5/c20-13(28)6-5-12(18(31)32)25-16(29)9-1-3-10(4-2-9)22-7-11-8-23-15-14(24-11)17(30)27-19(21)26-15/h1-4,8,12,22H,5-7H2,(H2,20,28)(H,25,29)(H,31,32)(H3,21,23,26,27,30)/t12-/m0/s1. The highest BCUT2D eigenvalue weighted by Crippen LogP contribution is 2.12. The lowest BCUT2D eigenvalue weighted by Gasteiger charge is -2.14. The van der Waals surface area contributed by atoms with E-state index in [9.17, 15) is 24.3 Å². The zero-order valence-electron chi connectivity index (χ0n) is 16.7. The first-order valence-electron chi connectivity index (χ1n) is 9.40. The van der Waals surface area contributed by atoms with Crippen LogP contribution < -0.4 is 27.7 Å². The van der Waals surface area contributed by atoms with Gasteiger partial charge in [0, 0.05) is 17.7 Å². The first-order chi connectivity index (χ1) is 15.2. The van der Waals surface area contributed by atoms with E-state index in [0.717, 1.165) is 0 Å². The quantitative estimate of drug-likeness (QED) is 0.247. The highest BCUT2D eigenvalue weighted by molar-refractivity contribution is 5.97. The Kier molecular flexibility index (Phi) is 6.58. The van der Waals surface area contributed by atoms with Crippen molar-refractivity contribution >= 4 is 40.6 Å². The molecule has 8 N–H and O–H groups in total. The van der Waals surface area contributed by atoms with Crippen molar-refractivity contribution in [1.82, 2.24) is 25.3 Å². The molecular formula is C19H20N8O5. The van der Waals surface area contributed by atoms with Gasteiger partial charge in [0.1, 0.15) is 6.04 Å². The van der Waals surface area contributed by atoms with Crippen molar-refractivity contribution in [1.29, 1.82) is 0 Å². The molecule has 2 aromatic heterocycles. The summed E-state index contributed by atoms with van der Waals surface area (Å²) in [5.74, 6) is -2.55. The molecule has 0 saturated carbocycles. The Balaban J connectivity index is 1.62. The third-order valence-electron chi connectivity index (χ3n) is 4.39. The van der Waals surface area contributed by atoms with Gasteiger partial charge in [0.05, 0.1) is 18.4 Å². The minimum atomic E-state index is -1.26. The van der Waals surface area contributed by atoms with Gasteiger partial charge in [-0.3, -0.25) is 19.4 Å². The SMILES string of the molecule is NC(=O)CC[C@H](NC(=O)c1ccc(NCc2cnc3nc(N)[nH]c(=O)c3n2)cc1)C(=O)O. The van der Waals surface area contributed by atoms with E-state index in [2.05, 4.69) is 30.6 Å². The number of rotatable bonds is 9. The maximum atomic E-state index is 12.3. The van der Waals surface area contributed by atoms with E-state index in [1.807, 2.05) is 0 Å². The van der Waals surface area contributed by atoms with Crippen LogP contribution in [-0.2, 0) is 16.1 Å². The molecule has 2 amide bonds. The zero-order chi connectivity index (χ0) is 23.3. The third kappa shape index (κ3) is 5.53. The number of carbonyl (C=O) groups is 3. The number of nitrogens with zero attached hydrogens (tertiary/aromatic N) is 3. The van der Waals surface area contributed by atoms with Crippen LogP contribution in [0.3, 0.4) is 0 Å². The molecule has 3 aromatic rings. The maximum Gasteiger partial charge on any atom is 0.326 e. The van der Waals surface area contributed by atoms with Crippen molar-refractivity contribution in [3.8, 4) is 0 Å². The smallest absolute Gasteiger partial charge is 0.326 e. The van der Waals surface area contributed by atoms with Gasteiger partial charge >= 0.3 is 5.97 Å². The van der Waals surface area contributed by atoms with Crippen LogP contribution in [0.15, 0.2) is 35.3 Å². The van der Waals surface area contributed by atoms with Crippen molar-refractivity contribution < 1.29 is 19.5 Å². The predicted molar refractivity (Wildman–Crippen MR) is 113 cm³/mol. The minimum absolute atomic E-state index is 0.0469. The molecule has 0 unspecified atom stereocenters. The number of hydrogen-bond donors (Lipinski definition) is 6. The molecule has 0 aliphatic rings. The van der Waals surface area contributed by atoms with Crippen LogP contribution in [0.5, 0.6) is 0 Å². The van der Waals surface area contributed by atoms with E-state index in [1.54, 1.807) is 12.1 Å².